The Labute approximate surface area is 124 Å². The summed E-state index contributed by atoms with van der Waals surface area (Å²) in [6.07, 6.45) is 7.89. The first-order valence-corrected chi connectivity index (χ1v) is 8.49. The zero-order valence-electron chi connectivity index (χ0n) is 13.5. The van der Waals surface area contributed by atoms with Crippen molar-refractivity contribution in [1.82, 2.24) is 4.90 Å². The molecule has 20 heavy (non-hydrogen) atoms. The van der Waals surface area contributed by atoms with E-state index in [-0.39, 0.29) is 11.5 Å². The van der Waals surface area contributed by atoms with Crippen LogP contribution in [0, 0.1) is 17.8 Å². The minimum Gasteiger partial charge on any atom is -0.342 e. The second-order valence-electron chi connectivity index (χ2n) is 7.56. The maximum atomic E-state index is 12.8. The van der Waals surface area contributed by atoms with Crippen molar-refractivity contribution in [2.75, 3.05) is 13.1 Å². The van der Waals surface area contributed by atoms with E-state index in [1.165, 1.54) is 12.8 Å². The lowest BCUT2D eigenvalue weighted by molar-refractivity contribution is -0.138. The highest BCUT2D eigenvalue weighted by Crippen LogP contribution is 2.34. The Morgan fingerprint density at radius 3 is 2.55 bits per heavy atom. The summed E-state index contributed by atoms with van der Waals surface area (Å²) in [6.45, 7) is 8.56. The number of carbonyl (C=O) groups is 1. The van der Waals surface area contributed by atoms with E-state index in [1.54, 1.807) is 0 Å². The van der Waals surface area contributed by atoms with Gasteiger partial charge in [0.1, 0.15) is 0 Å². The first kappa shape index (κ1) is 15.8. The molecule has 1 heterocycles. The van der Waals surface area contributed by atoms with Crippen molar-refractivity contribution in [3.8, 4) is 0 Å². The average molecular weight is 280 g/mol. The summed E-state index contributed by atoms with van der Waals surface area (Å²) >= 11 is 0. The van der Waals surface area contributed by atoms with Crippen LogP contribution in [-0.4, -0.2) is 29.4 Å². The topological polar surface area (TPSA) is 46.3 Å². The molecule has 1 amide bonds. The van der Waals surface area contributed by atoms with Crippen LogP contribution in [0.4, 0.5) is 0 Å². The molecular formula is C17H32N2O. The maximum Gasteiger partial charge on any atom is 0.227 e. The highest BCUT2D eigenvalue weighted by molar-refractivity contribution is 5.80. The standard InChI is InChI=1S/C17H32N2O/c1-13(2)14-7-6-11-19(12-9-14)16(20)15-8-4-5-10-17(15,3)18/h13-15H,4-12,18H2,1-3H3. The number of hydrogen-bond donors (Lipinski definition) is 1. The van der Waals surface area contributed by atoms with E-state index in [9.17, 15) is 4.79 Å². The predicted octanol–water partition coefficient (Wildman–Crippen LogP) is 3.18. The molecule has 0 aromatic heterocycles. The molecule has 1 saturated heterocycles. The van der Waals surface area contributed by atoms with Crippen molar-refractivity contribution < 1.29 is 4.79 Å². The van der Waals surface area contributed by atoms with Gasteiger partial charge in [0.05, 0.1) is 5.92 Å². The van der Waals surface area contributed by atoms with Gasteiger partial charge in [-0.25, -0.2) is 0 Å². The molecule has 1 saturated carbocycles. The quantitative estimate of drug-likeness (QED) is 0.844. The van der Waals surface area contributed by atoms with E-state index in [0.29, 0.717) is 5.91 Å². The Balaban J connectivity index is 1.98. The molecule has 2 N–H and O–H groups in total. The van der Waals surface area contributed by atoms with Crippen molar-refractivity contribution in [3.63, 3.8) is 0 Å². The molecule has 0 spiro atoms. The van der Waals surface area contributed by atoms with Gasteiger partial charge in [0.25, 0.3) is 0 Å². The van der Waals surface area contributed by atoms with Crippen molar-refractivity contribution in [2.45, 2.75) is 71.3 Å². The highest BCUT2D eigenvalue weighted by atomic mass is 16.2. The smallest absolute Gasteiger partial charge is 0.227 e. The maximum absolute atomic E-state index is 12.8. The minimum absolute atomic E-state index is 0.0480. The van der Waals surface area contributed by atoms with Gasteiger partial charge in [-0.2, -0.15) is 0 Å². The van der Waals surface area contributed by atoms with Crippen LogP contribution < -0.4 is 5.73 Å². The van der Waals surface area contributed by atoms with Gasteiger partial charge >= 0.3 is 0 Å². The molecule has 2 rings (SSSR count). The van der Waals surface area contributed by atoms with Gasteiger partial charge in [0, 0.05) is 18.6 Å². The number of hydrogen-bond acceptors (Lipinski definition) is 2. The third-order valence-corrected chi connectivity index (χ3v) is 5.58. The van der Waals surface area contributed by atoms with E-state index in [0.717, 1.165) is 57.0 Å². The van der Waals surface area contributed by atoms with Crippen LogP contribution in [0.25, 0.3) is 0 Å². The SMILES string of the molecule is CC(C)C1CCCN(C(=O)C2CCCCC2(C)N)CC1. The molecule has 2 aliphatic rings. The van der Waals surface area contributed by atoms with Crippen molar-refractivity contribution in [1.29, 1.82) is 0 Å². The largest absolute Gasteiger partial charge is 0.342 e. The number of rotatable bonds is 2. The molecule has 3 nitrogen and oxygen atoms in total. The van der Waals surface area contributed by atoms with Gasteiger partial charge in [-0.05, 0) is 50.9 Å². The second kappa shape index (κ2) is 6.46. The van der Waals surface area contributed by atoms with Crippen molar-refractivity contribution in [2.24, 2.45) is 23.5 Å². The third kappa shape index (κ3) is 3.55. The number of likely N-dealkylation sites (tertiary alicyclic amines) is 1. The van der Waals surface area contributed by atoms with E-state index >= 15 is 0 Å². The number of nitrogens with two attached hydrogens (primary N) is 1. The summed E-state index contributed by atoms with van der Waals surface area (Å²) in [4.78, 5) is 15.0. The average Bonchev–Trinajstić information content (AvgIpc) is 2.63. The molecule has 0 aromatic rings. The molecule has 1 aliphatic carbocycles. The van der Waals surface area contributed by atoms with E-state index in [1.807, 2.05) is 0 Å². The molecular weight excluding hydrogens is 248 g/mol. The lowest BCUT2D eigenvalue weighted by Crippen LogP contribution is -2.53. The van der Waals surface area contributed by atoms with Crippen LogP contribution in [-0.2, 0) is 4.79 Å². The summed E-state index contributed by atoms with van der Waals surface area (Å²) in [6, 6.07) is 0. The van der Waals surface area contributed by atoms with E-state index in [4.69, 9.17) is 5.73 Å². The fraction of sp³-hybridized carbons (Fsp3) is 0.941. The summed E-state index contributed by atoms with van der Waals surface area (Å²) in [5, 5.41) is 0. The third-order valence-electron chi connectivity index (χ3n) is 5.58. The predicted molar refractivity (Wildman–Crippen MR) is 83.3 cm³/mol. The number of carbonyl (C=O) groups excluding carboxylic acids is 1. The van der Waals surface area contributed by atoms with Crippen LogP contribution >= 0.6 is 0 Å². The summed E-state index contributed by atoms with van der Waals surface area (Å²) < 4.78 is 0. The van der Waals surface area contributed by atoms with Gasteiger partial charge in [0.2, 0.25) is 5.91 Å². The summed E-state index contributed by atoms with van der Waals surface area (Å²) in [5.74, 6) is 1.90. The fourth-order valence-corrected chi connectivity index (χ4v) is 3.99. The molecule has 116 valence electrons. The van der Waals surface area contributed by atoms with E-state index in [2.05, 4.69) is 25.7 Å². The minimum atomic E-state index is -0.293. The van der Waals surface area contributed by atoms with Gasteiger partial charge in [-0.3, -0.25) is 4.79 Å². The first-order chi connectivity index (χ1) is 9.42. The molecule has 1 aliphatic heterocycles. The molecule has 3 atom stereocenters. The molecule has 0 aromatic carbocycles. The lowest BCUT2D eigenvalue weighted by Gasteiger charge is -2.39. The van der Waals surface area contributed by atoms with Crippen molar-refractivity contribution in [3.05, 3.63) is 0 Å². The van der Waals surface area contributed by atoms with Crippen LogP contribution in [0.2, 0.25) is 0 Å². The Morgan fingerprint density at radius 1 is 1.15 bits per heavy atom. The highest BCUT2D eigenvalue weighted by Gasteiger charge is 2.40. The number of nitrogens with zero attached hydrogens (tertiary/aromatic N) is 1. The zero-order valence-corrected chi connectivity index (χ0v) is 13.5. The molecule has 3 heteroatoms. The lowest BCUT2D eigenvalue weighted by atomic mass is 9.74. The van der Waals surface area contributed by atoms with E-state index < -0.39 is 0 Å². The van der Waals surface area contributed by atoms with Gasteiger partial charge in [-0.15, -0.1) is 0 Å². The Bertz CT molecular complexity index is 338. The van der Waals surface area contributed by atoms with Crippen LogP contribution in [0.5, 0.6) is 0 Å². The van der Waals surface area contributed by atoms with Crippen LogP contribution in [0.1, 0.15) is 65.7 Å². The molecule has 0 bridgehead atoms. The first-order valence-electron chi connectivity index (χ1n) is 8.49. The normalized spacial score (nSPS) is 36.0. The summed E-state index contributed by atoms with van der Waals surface area (Å²) in [7, 11) is 0. The van der Waals surface area contributed by atoms with Crippen molar-refractivity contribution >= 4 is 5.91 Å². The molecule has 2 fully saturated rings. The zero-order chi connectivity index (χ0) is 14.8. The fourth-order valence-electron chi connectivity index (χ4n) is 3.99. The summed E-state index contributed by atoms with van der Waals surface area (Å²) in [5.41, 5.74) is 6.10. The monoisotopic (exact) mass is 280 g/mol. The Hall–Kier alpha value is -0.570. The Morgan fingerprint density at radius 2 is 1.90 bits per heavy atom. The second-order valence-corrected chi connectivity index (χ2v) is 7.56. The van der Waals surface area contributed by atoms with Gasteiger partial charge < -0.3 is 10.6 Å². The van der Waals surface area contributed by atoms with Crippen LogP contribution in [0.15, 0.2) is 0 Å². The molecule has 0 radical (unpaired) electrons. The number of amides is 1. The Kier molecular flexibility index (Phi) is 5.11. The van der Waals surface area contributed by atoms with Gasteiger partial charge in [0.15, 0.2) is 0 Å². The van der Waals surface area contributed by atoms with Gasteiger partial charge in [-0.1, -0.05) is 26.7 Å². The van der Waals surface area contributed by atoms with Crippen LogP contribution in [0.3, 0.4) is 0 Å². The molecule has 3 unspecified atom stereocenters.